The Hall–Kier alpha value is -4.84. The molecule has 0 saturated heterocycles. The Balaban J connectivity index is 1.31. The van der Waals surface area contributed by atoms with Crippen LogP contribution in [0.5, 0.6) is 5.75 Å². The zero-order valence-corrected chi connectivity index (χ0v) is 24.9. The van der Waals surface area contributed by atoms with Gasteiger partial charge in [-0.15, -0.1) is 0 Å². The van der Waals surface area contributed by atoms with E-state index in [4.69, 9.17) is 9.84 Å². The maximum absolute atomic E-state index is 14.0. The number of carboxylic acid groups (broad SMARTS) is 1. The maximum Gasteiger partial charge on any atom is 0.416 e. The molecule has 4 aromatic rings. The number of amides is 1. The fourth-order valence-electron chi connectivity index (χ4n) is 5.22. The fourth-order valence-corrected chi connectivity index (χ4v) is 6.87. The molecule has 0 fully saturated rings. The molecule has 5 rings (SSSR count). The first-order valence-electron chi connectivity index (χ1n) is 14.0. The number of hydrogen-bond donors (Lipinski definition) is 2. The molecule has 1 atom stereocenters. The molecule has 234 valence electrons. The normalized spacial score (nSPS) is 14.6. The summed E-state index contributed by atoms with van der Waals surface area (Å²) in [6.07, 6.45) is -4.49. The Morgan fingerprint density at radius 3 is 2.33 bits per heavy atom. The zero-order valence-electron chi connectivity index (χ0n) is 24.0. The first kappa shape index (κ1) is 31.6. The molecule has 4 aromatic carbocycles. The van der Waals surface area contributed by atoms with E-state index in [-0.39, 0.29) is 30.9 Å². The predicted molar refractivity (Wildman–Crippen MR) is 162 cm³/mol. The van der Waals surface area contributed by atoms with E-state index in [9.17, 15) is 31.2 Å². The van der Waals surface area contributed by atoms with Crippen molar-refractivity contribution in [3.05, 3.63) is 113 Å². The molecule has 0 unspecified atom stereocenters. The molecule has 1 heterocycles. The summed E-state index contributed by atoms with van der Waals surface area (Å²) in [5.74, 6) is -0.982. The molecule has 0 spiro atoms. The van der Waals surface area contributed by atoms with Crippen molar-refractivity contribution < 1.29 is 41.0 Å². The summed E-state index contributed by atoms with van der Waals surface area (Å²) in [4.78, 5) is 24.1. The van der Waals surface area contributed by atoms with Gasteiger partial charge in [-0.1, -0.05) is 48.5 Å². The molecule has 1 aliphatic heterocycles. The number of rotatable bonds is 10. The highest BCUT2D eigenvalue weighted by Gasteiger charge is 2.42. The van der Waals surface area contributed by atoms with Crippen molar-refractivity contribution in [2.45, 2.75) is 36.9 Å². The second kappa shape index (κ2) is 12.6. The van der Waals surface area contributed by atoms with E-state index < -0.39 is 39.7 Å². The molecule has 0 aromatic heterocycles. The van der Waals surface area contributed by atoms with E-state index >= 15 is 0 Å². The number of nitrogens with one attached hydrogen (secondary N) is 1. The minimum absolute atomic E-state index is 0.0848. The first-order chi connectivity index (χ1) is 21.3. The Morgan fingerprint density at radius 2 is 1.67 bits per heavy atom. The van der Waals surface area contributed by atoms with Crippen molar-refractivity contribution in [2.75, 3.05) is 17.5 Å². The van der Waals surface area contributed by atoms with Gasteiger partial charge in [0.15, 0.2) is 0 Å². The van der Waals surface area contributed by atoms with Crippen molar-refractivity contribution >= 4 is 27.6 Å². The molecule has 0 bridgehead atoms. The summed E-state index contributed by atoms with van der Waals surface area (Å²) in [6, 6.07) is 21.2. The van der Waals surface area contributed by atoms with E-state index in [0.717, 1.165) is 16.4 Å². The van der Waals surface area contributed by atoms with E-state index in [1.54, 1.807) is 55.5 Å². The van der Waals surface area contributed by atoms with Gasteiger partial charge < -0.3 is 15.2 Å². The van der Waals surface area contributed by atoms with Gasteiger partial charge >= 0.3 is 12.1 Å². The van der Waals surface area contributed by atoms with E-state index in [2.05, 4.69) is 5.32 Å². The largest absolute Gasteiger partial charge is 0.492 e. The predicted octanol–water partition coefficient (Wildman–Crippen LogP) is 5.62. The van der Waals surface area contributed by atoms with Crippen LogP contribution in [0.2, 0.25) is 0 Å². The summed E-state index contributed by atoms with van der Waals surface area (Å²) in [7, 11) is -4.25. The van der Waals surface area contributed by atoms with Crippen LogP contribution in [0.4, 0.5) is 18.9 Å². The number of carbonyl (C=O) groups is 2. The lowest BCUT2D eigenvalue weighted by Crippen LogP contribution is -2.48. The van der Waals surface area contributed by atoms with Crippen LogP contribution in [0.25, 0.3) is 11.1 Å². The van der Waals surface area contributed by atoms with Crippen LogP contribution in [-0.2, 0) is 38.6 Å². The number of carbonyl (C=O) groups excluding carboxylic acids is 1. The van der Waals surface area contributed by atoms with Crippen LogP contribution < -0.4 is 14.4 Å². The van der Waals surface area contributed by atoms with Crippen LogP contribution in [-0.4, -0.2) is 44.6 Å². The summed E-state index contributed by atoms with van der Waals surface area (Å²) in [6.45, 7) is 1.85. The summed E-state index contributed by atoms with van der Waals surface area (Å²) >= 11 is 0. The maximum atomic E-state index is 14.0. The molecule has 8 nitrogen and oxygen atoms in total. The fraction of sp³-hybridized carbons (Fsp3) is 0.212. The number of aliphatic carboxylic acids is 1. The monoisotopic (exact) mass is 638 g/mol. The minimum atomic E-state index is -4.52. The van der Waals surface area contributed by atoms with Gasteiger partial charge in [-0.2, -0.15) is 13.2 Å². The molecule has 1 aliphatic rings. The number of ether oxygens (including phenoxy) is 1. The number of alkyl halides is 3. The van der Waals surface area contributed by atoms with Crippen LogP contribution >= 0.6 is 0 Å². The minimum Gasteiger partial charge on any atom is -0.492 e. The SMILES string of the molecule is Cc1ccc(C(F)(F)F)cc1-c1ccc(S(=O)(=O)N2c3ccccc3C[C@H]2C(=O)NCCOc2ccc(CC(=O)O)cc2)cc1. The highest BCUT2D eigenvalue weighted by Crippen LogP contribution is 2.38. The molecular formula is C33H29F3N2O6S. The first-order valence-corrected chi connectivity index (χ1v) is 15.4. The molecule has 0 saturated carbocycles. The van der Waals surface area contributed by atoms with Crippen LogP contribution in [0, 0.1) is 6.92 Å². The molecule has 0 radical (unpaired) electrons. The second-order valence-corrected chi connectivity index (χ2v) is 12.4. The number of halogens is 3. The lowest BCUT2D eigenvalue weighted by Gasteiger charge is -2.26. The number of hydrogen-bond acceptors (Lipinski definition) is 5. The van der Waals surface area contributed by atoms with Crippen molar-refractivity contribution in [3.63, 3.8) is 0 Å². The van der Waals surface area contributed by atoms with Gasteiger partial charge in [0.25, 0.3) is 10.0 Å². The zero-order chi connectivity index (χ0) is 32.4. The topological polar surface area (TPSA) is 113 Å². The van der Waals surface area contributed by atoms with Crippen molar-refractivity contribution in [2.24, 2.45) is 0 Å². The second-order valence-electron chi connectivity index (χ2n) is 10.6. The standard InChI is InChI=1S/C33H29F3N2O6S/c1-21-6-11-25(33(34,35)36)20-28(21)23-9-14-27(15-10-23)45(42,43)38-29-5-3-2-4-24(29)19-30(38)32(41)37-16-17-44-26-12-7-22(8-13-26)18-31(39)40/h2-15,20,30H,16-19H2,1H3,(H,37,41)(H,39,40)/t30-/m0/s1. The molecule has 1 amide bonds. The van der Waals surface area contributed by atoms with Crippen LogP contribution in [0.15, 0.2) is 95.9 Å². The third kappa shape index (κ3) is 6.96. The van der Waals surface area contributed by atoms with Gasteiger partial charge in [-0.3, -0.25) is 13.9 Å². The third-order valence-electron chi connectivity index (χ3n) is 7.46. The van der Waals surface area contributed by atoms with Gasteiger partial charge in [0.1, 0.15) is 18.4 Å². The third-order valence-corrected chi connectivity index (χ3v) is 9.30. The van der Waals surface area contributed by atoms with Crippen LogP contribution in [0.3, 0.4) is 0 Å². The van der Waals surface area contributed by atoms with E-state index in [1.807, 2.05) is 0 Å². The molecule has 45 heavy (non-hydrogen) atoms. The number of para-hydroxylation sites is 1. The van der Waals surface area contributed by atoms with E-state index in [0.29, 0.717) is 39.3 Å². The highest BCUT2D eigenvalue weighted by atomic mass is 32.2. The van der Waals surface area contributed by atoms with Gasteiger partial charge in [0.05, 0.1) is 29.1 Å². The van der Waals surface area contributed by atoms with Crippen molar-refractivity contribution in [3.8, 4) is 16.9 Å². The lowest BCUT2D eigenvalue weighted by molar-refractivity contribution is -0.138. The van der Waals surface area contributed by atoms with Gasteiger partial charge in [0, 0.05) is 6.42 Å². The molecular weight excluding hydrogens is 609 g/mol. The lowest BCUT2D eigenvalue weighted by atomic mass is 9.98. The summed E-state index contributed by atoms with van der Waals surface area (Å²) < 4.78 is 74.6. The summed E-state index contributed by atoms with van der Waals surface area (Å²) in [5.41, 5.74) is 2.21. The average molecular weight is 639 g/mol. The Morgan fingerprint density at radius 1 is 0.978 bits per heavy atom. The van der Waals surface area contributed by atoms with Gasteiger partial charge in [0.2, 0.25) is 5.91 Å². The Labute approximate surface area is 258 Å². The van der Waals surface area contributed by atoms with Gasteiger partial charge in [-0.05, 0) is 77.2 Å². The number of benzene rings is 4. The molecule has 12 heteroatoms. The number of nitrogens with zero attached hydrogens (tertiary/aromatic N) is 1. The summed E-state index contributed by atoms with van der Waals surface area (Å²) in [5, 5.41) is 11.6. The Bertz CT molecular complexity index is 1820. The number of aryl methyl sites for hydroxylation is 1. The number of sulfonamides is 1. The number of fused-ring (bicyclic) bond motifs is 1. The van der Waals surface area contributed by atoms with Crippen molar-refractivity contribution in [1.82, 2.24) is 5.32 Å². The Kier molecular flexibility index (Phi) is 8.87. The quantitative estimate of drug-likeness (QED) is 0.218. The smallest absolute Gasteiger partial charge is 0.416 e. The average Bonchev–Trinajstić information content (AvgIpc) is 3.40. The highest BCUT2D eigenvalue weighted by molar-refractivity contribution is 7.93. The van der Waals surface area contributed by atoms with Crippen LogP contribution in [0.1, 0.15) is 22.3 Å². The molecule has 0 aliphatic carbocycles. The van der Waals surface area contributed by atoms with Crippen molar-refractivity contribution in [1.29, 1.82) is 0 Å². The van der Waals surface area contributed by atoms with E-state index in [1.165, 1.54) is 30.3 Å². The van der Waals surface area contributed by atoms with Gasteiger partial charge in [-0.25, -0.2) is 8.42 Å². The number of anilines is 1. The number of carboxylic acids is 1. The molecule has 2 N–H and O–H groups in total.